The van der Waals surface area contributed by atoms with E-state index in [1.54, 1.807) is 4.90 Å². The minimum atomic E-state index is -0.533. The summed E-state index contributed by atoms with van der Waals surface area (Å²) in [5.74, 6) is 0.427. The smallest absolute Gasteiger partial charge is 0.250 e. The molecule has 19 heavy (non-hydrogen) atoms. The molecule has 1 aliphatic heterocycles. The van der Waals surface area contributed by atoms with Crippen molar-refractivity contribution in [3.63, 3.8) is 0 Å². The number of benzene rings is 1. The topological polar surface area (TPSA) is 49.4 Å². The molecule has 0 bridgehead atoms. The number of rotatable bonds is 4. The molecule has 4 nitrogen and oxygen atoms in total. The van der Waals surface area contributed by atoms with Gasteiger partial charge in [-0.25, -0.2) is 0 Å². The molecule has 1 N–H and O–H groups in total. The van der Waals surface area contributed by atoms with Crippen LogP contribution in [0.2, 0.25) is 0 Å². The summed E-state index contributed by atoms with van der Waals surface area (Å²) in [6.07, 6.45) is 0.917. The van der Waals surface area contributed by atoms with Crippen LogP contribution < -0.4 is 5.32 Å². The summed E-state index contributed by atoms with van der Waals surface area (Å²) in [6.45, 7) is 5.05. The number of carbonyl (C=O) groups is 2. The Bertz CT molecular complexity index is 456. The zero-order valence-corrected chi connectivity index (χ0v) is 11.4. The molecule has 0 spiro atoms. The van der Waals surface area contributed by atoms with Crippen molar-refractivity contribution in [2.75, 3.05) is 13.1 Å². The number of hydrogen-bond donors (Lipinski definition) is 1. The lowest BCUT2D eigenvalue weighted by atomic mass is 10.0. The number of hydrogen-bond acceptors (Lipinski definition) is 2. The van der Waals surface area contributed by atoms with Crippen molar-refractivity contribution in [1.29, 1.82) is 0 Å². The van der Waals surface area contributed by atoms with Crippen LogP contribution >= 0.6 is 0 Å². The van der Waals surface area contributed by atoms with Crippen LogP contribution in [0.1, 0.15) is 31.9 Å². The molecule has 1 aliphatic rings. The fraction of sp³-hybridized carbons (Fsp3) is 0.467. The molecule has 1 aromatic rings. The van der Waals surface area contributed by atoms with E-state index < -0.39 is 6.04 Å². The zero-order chi connectivity index (χ0) is 13.8. The first-order valence-corrected chi connectivity index (χ1v) is 6.71. The Labute approximate surface area is 113 Å². The molecule has 1 saturated heterocycles. The molecule has 0 aliphatic carbocycles. The number of piperazine rings is 1. The Kier molecular flexibility index (Phi) is 4.20. The second-order valence-electron chi connectivity index (χ2n) is 5.35. The molecule has 0 aromatic heterocycles. The Morgan fingerprint density at radius 1 is 1.26 bits per heavy atom. The van der Waals surface area contributed by atoms with E-state index in [9.17, 15) is 9.59 Å². The van der Waals surface area contributed by atoms with Gasteiger partial charge < -0.3 is 10.2 Å². The first-order chi connectivity index (χ1) is 9.08. The molecule has 1 aromatic carbocycles. The molecule has 1 heterocycles. The number of carbonyl (C=O) groups excluding carboxylic acids is 2. The molecule has 1 fully saturated rings. The van der Waals surface area contributed by atoms with E-state index in [1.807, 2.05) is 30.3 Å². The first-order valence-electron chi connectivity index (χ1n) is 6.71. The summed E-state index contributed by atoms with van der Waals surface area (Å²) >= 11 is 0. The first kappa shape index (κ1) is 13.6. The van der Waals surface area contributed by atoms with Gasteiger partial charge in [-0.05, 0) is 17.9 Å². The molecule has 0 radical (unpaired) electrons. The molecule has 2 amide bonds. The highest BCUT2D eigenvalue weighted by atomic mass is 16.2. The Hall–Kier alpha value is -1.84. The van der Waals surface area contributed by atoms with Crippen LogP contribution in [0.15, 0.2) is 30.3 Å². The summed E-state index contributed by atoms with van der Waals surface area (Å²) in [5.41, 5.74) is 0.843. The van der Waals surface area contributed by atoms with E-state index in [1.165, 1.54) is 0 Å². The van der Waals surface area contributed by atoms with E-state index in [4.69, 9.17) is 0 Å². The van der Waals surface area contributed by atoms with Gasteiger partial charge in [-0.1, -0.05) is 44.2 Å². The Morgan fingerprint density at radius 3 is 2.58 bits per heavy atom. The highest BCUT2D eigenvalue weighted by molar-refractivity contribution is 5.95. The van der Waals surface area contributed by atoms with Gasteiger partial charge in [0.05, 0.1) is 6.54 Å². The predicted octanol–water partition coefficient (Wildman–Crippen LogP) is 1.73. The third-order valence-corrected chi connectivity index (χ3v) is 3.31. The lowest BCUT2D eigenvalue weighted by Gasteiger charge is -2.33. The summed E-state index contributed by atoms with van der Waals surface area (Å²) in [7, 11) is 0. The zero-order valence-electron chi connectivity index (χ0n) is 11.4. The summed E-state index contributed by atoms with van der Waals surface area (Å²) in [6, 6.07) is 8.86. The molecule has 1 atom stereocenters. The van der Waals surface area contributed by atoms with Crippen LogP contribution in [0.4, 0.5) is 0 Å². The van der Waals surface area contributed by atoms with Crippen LogP contribution in [-0.4, -0.2) is 29.8 Å². The second kappa shape index (κ2) is 5.87. The lowest BCUT2D eigenvalue weighted by molar-refractivity contribution is -0.144. The van der Waals surface area contributed by atoms with E-state index in [2.05, 4.69) is 19.2 Å². The van der Waals surface area contributed by atoms with Crippen molar-refractivity contribution in [3.05, 3.63) is 35.9 Å². The summed E-state index contributed by atoms with van der Waals surface area (Å²) in [4.78, 5) is 25.8. The highest BCUT2D eigenvalue weighted by Gasteiger charge is 2.33. The molecular weight excluding hydrogens is 240 g/mol. The van der Waals surface area contributed by atoms with Crippen LogP contribution in [0, 0.1) is 5.92 Å². The number of amides is 2. The van der Waals surface area contributed by atoms with Crippen molar-refractivity contribution >= 4 is 11.8 Å². The molecule has 4 heteroatoms. The van der Waals surface area contributed by atoms with Crippen LogP contribution in [0.3, 0.4) is 0 Å². The van der Waals surface area contributed by atoms with Gasteiger partial charge in [0.1, 0.15) is 6.04 Å². The number of nitrogens with one attached hydrogen (secondary N) is 1. The van der Waals surface area contributed by atoms with Gasteiger partial charge in [0.25, 0.3) is 0 Å². The maximum Gasteiger partial charge on any atom is 0.250 e. The van der Waals surface area contributed by atoms with Crippen molar-refractivity contribution < 1.29 is 9.59 Å². The van der Waals surface area contributed by atoms with Gasteiger partial charge in [0.15, 0.2) is 0 Å². The maximum absolute atomic E-state index is 12.4. The second-order valence-corrected chi connectivity index (χ2v) is 5.35. The fourth-order valence-electron chi connectivity index (χ4n) is 2.18. The average Bonchev–Trinajstić information content (AvgIpc) is 2.40. The number of nitrogens with zero attached hydrogens (tertiary/aromatic N) is 1. The van der Waals surface area contributed by atoms with E-state index in [-0.39, 0.29) is 18.4 Å². The highest BCUT2D eigenvalue weighted by Crippen LogP contribution is 2.19. The van der Waals surface area contributed by atoms with E-state index in [0.717, 1.165) is 12.0 Å². The monoisotopic (exact) mass is 260 g/mol. The molecule has 0 saturated carbocycles. The van der Waals surface area contributed by atoms with Crippen molar-refractivity contribution in [2.24, 2.45) is 5.92 Å². The molecule has 102 valence electrons. The summed E-state index contributed by atoms with van der Waals surface area (Å²) in [5, 5.41) is 2.77. The van der Waals surface area contributed by atoms with Gasteiger partial charge >= 0.3 is 0 Å². The fourth-order valence-corrected chi connectivity index (χ4v) is 2.18. The maximum atomic E-state index is 12.4. The van der Waals surface area contributed by atoms with Crippen LogP contribution in [0.25, 0.3) is 0 Å². The third-order valence-electron chi connectivity index (χ3n) is 3.31. The standard InChI is InChI=1S/C15H20N2O2/c1-11(2)8-9-17-10-13(18)16-14(15(17)19)12-6-4-3-5-7-12/h3-7,11,14H,8-10H2,1-2H3,(H,16,18). The van der Waals surface area contributed by atoms with Crippen molar-refractivity contribution in [3.8, 4) is 0 Å². The van der Waals surface area contributed by atoms with Gasteiger partial charge in [-0.2, -0.15) is 0 Å². The van der Waals surface area contributed by atoms with E-state index in [0.29, 0.717) is 12.5 Å². The van der Waals surface area contributed by atoms with Crippen LogP contribution in [0.5, 0.6) is 0 Å². The average molecular weight is 260 g/mol. The van der Waals surface area contributed by atoms with Crippen molar-refractivity contribution in [1.82, 2.24) is 10.2 Å². The van der Waals surface area contributed by atoms with Gasteiger partial charge in [-0.15, -0.1) is 0 Å². The normalized spacial score (nSPS) is 19.7. The minimum Gasteiger partial charge on any atom is -0.339 e. The van der Waals surface area contributed by atoms with Gasteiger partial charge in [0, 0.05) is 6.54 Å². The Morgan fingerprint density at radius 2 is 1.95 bits per heavy atom. The SMILES string of the molecule is CC(C)CCN1CC(=O)NC(c2ccccc2)C1=O. The van der Waals surface area contributed by atoms with Gasteiger partial charge in [0.2, 0.25) is 11.8 Å². The summed E-state index contributed by atoms with van der Waals surface area (Å²) < 4.78 is 0. The van der Waals surface area contributed by atoms with E-state index >= 15 is 0 Å². The third kappa shape index (κ3) is 3.34. The Balaban J connectivity index is 2.12. The quantitative estimate of drug-likeness (QED) is 0.896. The molecule has 1 unspecified atom stereocenters. The molecular formula is C15H20N2O2. The molecule has 2 rings (SSSR count). The predicted molar refractivity (Wildman–Crippen MR) is 73.4 cm³/mol. The lowest BCUT2D eigenvalue weighted by Crippen LogP contribution is -2.53. The minimum absolute atomic E-state index is 0.00792. The largest absolute Gasteiger partial charge is 0.339 e. The van der Waals surface area contributed by atoms with Gasteiger partial charge in [-0.3, -0.25) is 9.59 Å². The van der Waals surface area contributed by atoms with Crippen LogP contribution in [-0.2, 0) is 9.59 Å². The van der Waals surface area contributed by atoms with Crippen molar-refractivity contribution in [2.45, 2.75) is 26.3 Å².